The van der Waals surface area contributed by atoms with E-state index in [2.05, 4.69) is 52.4 Å². The molecule has 0 atom stereocenters. The normalized spacial score (nSPS) is 11.8. The van der Waals surface area contributed by atoms with Gasteiger partial charge < -0.3 is 5.32 Å². The van der Waals surface area contributed by atoms with Crippen molar-refractivity contribution < 1.29 is 4.39 Å². The summed E-state index contributed by atoms with van der Waals surface area (Å²) in [4.78, 5) is 4.61. The van der Waals surface area contributed by atoms with E-state index in [0.717, 1.165) is 15.2 Å². The van der Waals surface area contributed by atoms with Crippen LogP contribution in [0.25, 0.3) is 0 Å². The molecule has 5 heteroatoms. The number of nitrogens with zero attached hydrogens (tertiary/aromatic N) is 1. The summed E-state index contributed by atoms with van der Waals surface area (Å²) in [6.07, 6.45) is 0. The van der Waals surface area contributed by atoms with Crippen molar-refractivity contribution in [1.29, 1.82) is 0 Å². The molecule has 20 heavy (non-hydrogen) atoms. The number of benzene rings is 1. The summed E-state index contributed by atoms with van der Waals surface area (Å²) in [6.45, 7) is 7.60. The molecule has 0 bridgehead atoms. The van der Waals surface area contributed by atoms with E-state index in [1.807, 2.05) is 0 Å². The van der Waals surface area contributed by atoms with E-state index in [4.69, 9.17) is 0 Å². The van der Waals surface area contributed by atoms with Crippen LogP contribution >= 0.6 is 27.3 Å². The number of rotatable bonds is 4. The van der Waals surface area contributed by atoms with Crippen LogP contribution in [0.1, 0.15) is 37.0 Å². The molecule has 1 heterocycles. The lowest BCUT2D eigenvalue weighted by Crippen LogP contribution is -2.15. The fourth-order valence-electron chi connectivity index (χ4n) is 1.72. The summed E-state index contributed by atoms with van der Waals surface area (Å²) < 4.78 is 14.5. The van der Waals surface area contributed by atoms with Crippen LogP contribution in [0.15, 0.2) is 28.1 Å². The highest BCUT2D eigenvalue weighted by atomic mass is 79.9. The molecule has 0 fully saturated rings. The quantitative estimate of drug-likeness (QED) is 0.863. The molecule has 0 amide bonds. The van der Waals surface area contributed by atoms with Crippen molar-refractivity contribution in [1.82, 2.24) is 10.3 Å². The van der Waals surface area contributed by atoms with E-state index in [0.29, 0.717) is 18.7 Å². The van der Waals surface area contributed by atoms with E-state index in [-0.39, 0.29) is 11.2 Å². The molecule has 0 radical (unpaired) electrons. The van der Waals surface area contributed by atoms with Gasteiger partial charge in [0.1, 0.15) is 10.8 Å². The SMILES string of the molecule is CC(C)(C)c1csc(CNCc2cc(Br)ccc2F)n1. The van der Waals surface area contributed by atoms with Crippen LogP contribution in [0.2, 0.25) is 0 Å². The van der Waals surface area contributed by atoms with Crippen LogP contribution in [0.5, 0.6) is 0 Å². The molecule has 0 spiro atoms. The van der Waals surface area contributed by atoms with Crippen molar-refractivity contribution in [3.8, 4) is 0 Å². The molecule has 0 saturated carbocycles. The fraction of sp³-hybridized carbons (Fsp3) is 0.400. The third-order valence-electron chi connectivity index (χ3n) is 2.92. The minimum Gasteiger partial charge on any atom is -0.306 e. The molecule has 1 aromatic heterocycles. The Kier molecular flexibility index (Phi) is 4.94. The van der Waals surface area contributed by atoms with Gasteiger partial charge in [-0.1, -0.05) is 36.7 Å². The average Bonchev–Trinajstić information content (AvgIpc) is 2.82. The second-order valence-corrected chi connectivity index (χ2v) is 7.57. The summed E-state index contributed by atoms with van der Waals surface area (Å²) >= 11 is 5.00. The highest BCUT2D eigenvalue weighted by molar-refractivity contribution is 9.10. The van der Waals surface area contributed by atoms with Crippen LogP contribution in [0.4, 0.5) is 4.39 Å². The van der Waals surface area contributed by atoms with Crippen molar-refractivity contribution in [2.75, 3.05) is 0 Å². The summed E-state index contributed by atoms with van der Waals surface area (Å²) in [5.74, 6) is -0.185. The second kappa shape index (κ2) is 6.33. The summed E-state index contributed by atoms with van der Waals surface area (Å²) in [5.41, 5.74) is 1.84. The van der Waals surface area contributed by atoms with Gasteiger partial charge >= 0.3 is 0 Å². The largest absolute Gasteiger partial charge is 0.306 e. The van der Waals surface area contributed by atoms with E-state index in [9.17, 15) is 4.39 Å². The zero-order valence-corrected chi connectivity index (χ0v) is 14.2. The van der Waals surface area contributed by atoms with Crippen LogP contribution in [-0.2, 0) is 18.5 Å². The number of hydrogen-bond acceptors (Lipinski definition) is 3. The van der Waals surface area contributed by atoms with Gasteiger partial charge in [-0.05, 0) is 18.2 Å². The zero-order chi connectivity index (χ0) is 14.8. The second-order valence-electron chi connectivity index (χ2n) is 5.72. The Balaban J connectivity index is 1.93. The first-order chi connectivity index (χ1) is 9.36. The van der Waals surface area contributed by atoms with Crippen molar-refractivity contribution >= 4 is 27.3 Å². The molecule has 1 N–H and O–H groups in total. The topological polar surface area (TPSA) is 24.9 Å². The highest BCUT2D eigenvalue weighted by Gasteiger charge is 2.17. The minimum absolute atomic E-state index is 0.0746. The zero-order valence-electron chi connectivity index (χ0n) is 11.8. The first kappa shape index (κ1) is 15.6. The Labute approximate surface area is 131 Å². The van der Waals surface area contributed by atoms with Gasteiger partial charge in [-0.25, -0.2) is 9.37 Å². The number of halogens is 2. The molecule has 0 aliphatic rings. The van der Waals surface area contributed by atoms with E-state index < -0.39 is 0 Å². The van der Waals surface area contributed by atoms with Crippen LogP contribution in [0, 0.1) is 5.82 Å². The number of aromatic nitrogens is 1. The van der Waals surface area contributed by atoms with Gasteiger partial charge in [0.25, 0.3) is 0 Å². The van der Waals surface area contributed by atoms with Gasteiger partial charge in [0, 0.05) is 33.9 Å². The fourth-order valence-corrected chi connectivity index (χ4v) is 3.12. The number of hydrogen-bond donors (Lipinski definition) is 1. The van der Waals surface area contributed by atoms with Gasteiger partial charge in [-0.2, -0.15) is 0 Å². The Morgan fingerprint density at radius 2 is 2.05 bits per heavy atom. The van der Waals surface area contributed by atoms with Gasteiger partial charge in [0.2, 0.25) is 0 Å². The maximum absolute atomic E-state index is 13.6. The lowest BCUT2D eigenvalue weighted by molar-refractivity contribution is 0.565. The molecule has 2 aromatic rings. The third-order valence-corrected chi connectivity index (χ3v) is 4.26. The number of thiazole rings is 1. The maximum atomic E-state index is 13.6. The highest BCUT2D eigenvalue weighted by Crippen LogP contribution is 2.23. The first-order valence-corrected chi connectivity index (χ1v) is 8.13. The molecule has 2 rings (SSSR count). The molecule has 108 valence electrons. The van der Waals surface area contributed by atoms with Gasteiger partial charge in [0.15, 0.2) is 0 Å². The lowest BCUT2D eigenvalue weighted by Gasteiger charge is -2.14. The molecular weight excluding hydrogens is 339 g/mol. The van der Waals surface area contributed by atoms with E-state index >= 15 is 0 Å². The van der Waals surface area contributed by atoms with Crippen molar-refractivity contribution in [3.63, 3.8) is 0 Å². The Hall–Kier alpha value is -0.780. The standard InChI is InChI=1S/C15H18BrFN2S/c1-15(2,3)13-9-20-14(19-13)8-18-7-10-6-11(16)4-5-12(10)17/h4-6,9,18H,7-8H2,1-3H3. The molecule has 0 aliphatic heterocycles. The summed E-state index contributed by atoms with van der Waals surface area (Å²) in [7, 11) is 0. The molecule has 1 aromatic carbocycles. The minimum atomic E-state index is -0.185. The predicted molar refractivity (Wildman–Crippen MR) is 85.5 cm³/mol. The van der Waals surface area contributed by atoms with Gasteiger partial charge in [-0.3, -0.25) is 0 Å². The third kappa shape index (κ3) is 4.11. The molecule has 0 unspecified atom stereocenters. The molecule has 0 aliphatic carbocycles. The Morgan fingerprint density at radius 1 is 1.30 bits per heavy atom. The average molecular weight is 357 g/mol. The summed E-state index contributed by atoms with van der Waals surface area (Å²) in [5, 5.41) is 6.36. The van der Waals surface area contributed by atoms with Gasteiger partial charge in [-0.15, -0.1) is 11.3 Å². The number of nitrogens with one attached hydrogen (secondary N) is 1. The first-order valence-electron chi connectivity index (χ1n) is 6.46. The van der Waals surface area contributed by atoms with E-state index in [1.165, 1.54) is 6.07 Å². The Morgan fingerprint density at radius 3 is 2.70 bits per heavy atom. The maximum Gasteiger partial charge on any atom is 0.127 e. The van der Waals surface area contributed by atoms with Crippen LogP contribution in [0.3, 0.4) is 0 Å². The molecular formula is C15H18BrFN2S. The monoisotopic (exact) mass is 356 g/mol. The van der Waals surface area contributed by atoms with Crippen LogP contribution in [-0.4, -0.2) is 4.98 Å². The van der Waals surface area contributed by atoms with Gasteiger partial charge in [0.05, 0.1) is 5.69 Å². The predicted octanol–water partition coefficient (Wildman–Crippen LogP) is 4.63. The Bertz CT molecular complexity index is 590. The van der Waals surface area contributed by atoms with Crippen molar-refractivity contribution in [2.24, 2.45) is 0 Å². The smallest absolute Gasteiger partial charge is 0.127 e. The van der Waals surface area contributed by atoms with Crippen LogP contribution < -0.4 is 5.32 Å². The molecule has 2 nitrogen and oxygen atoms in total. The van der Waals surface area contributed by atoms with Crippen molar-refractivity contribution in [3.05, 3.63) is 50.1 Å². The lowest BCUT2D eigenvalue weighted by atomic mass is 9.93. The molecule has 0 saturated heterocycles. The van der Waals surface area contributed by atoms with E-state index in [1.54, 1.807) is 23.5 Å². The van der Waals surface area contributed by atoms with Crippen molar-refractivity contribution in [2.45, 2.75) is 39.3 Å². The summed E-state index contributed by atoms with van der Waals surface area (Å²) in [6, 6.07) is 4.97.